The predicted octanol–water partition coefficient (Wildman–Crippen LogP) is 6.38. The molecule has 262 valence electrons. The molecule has 0 aromatic carbocycles. The third kappa shape index (κ3) is 22.1. The summed E-state index contributed by atoms with van der Waals surface area (Å²) in [7, 11) is 0. The number of amides is 3. The smallest absolute Gasteiger partial charge is 0.303 e. The molecule has 0 atom stereocenters. The standard InChI is InChI=1S/C30H58N2O5.C2H6.CH2NO.Fm/c1-25(2,3)20-27(6,7)28(8,9)21-26(4,5)24(36)31-18-16-30(12,13)37-19-17-29(10,11)32-22(33)14-15-23(34)35;1-2;2-1-3;/h14-21H2,1-13H3,(H,31,36)(H,32,33)(H,34,35);1-2H3;(H2,2,3);/q;;-1;. The molecule has 9 nitrogen and oxygen atoms in total. The number of primary amides is 1. The Labute approximate surface area is 257 Å². The molecule has 0 unspecified atom stereocenters. The summed E-state index contributed by atoms with van der Waals surface area (Å²) in [4.78, 5) is 44.2. The molecule has 0 aromatic rings. The molecule has 0 spiro atoms. The van der Waals surface area contributed by atoms with E-state index < -0.39 is 22.5 Å². The van der Waals surface area contributed by atoms with Crippen molar-refractivity contribution in [3.63, 3.8) is 0 Å². The van der Waals surface area contributed by atoms with Gasteiger partial charge in [0.05, 0.1) is 12.0 Å². The fraction of sp³-hybridized carbons (Fsp3) is 0.879. The van der Waals surface area contributed by atoms with Crippen molar-refractivity contribution in [1.82, 2.24) is 10.6 Å². The fourth-order valence-corrected chi connectivity index (χ4v) is 5.08. The molecule has 0 fully saturated rings. The number of aliphatic carboxylic acids is 1. The number of hydrogen-bond acceptors (Lipinski definition) is 5. The summed E-state index contributed by atoms with van der Waals surface area (Å²) in [6, 6.07) is 0. The average Bonchev–Trinajstić information content (AvgIpc) is 2.76. The molecule has 43 heavy (non-hydrogen) atoms. The van der Waals surface area contributed by atoms with Gasteiger partial charge in [0.25, 0.3) is 0 Å². The van der Waals surface area contributed by atoms with Crippen LogP contribution in [-0.4, -0.2) is 53.6 Å². The number of ether oxygens (including phenoxy) is 1. The predicted molar refractivity (Wildman–Crippen MR) is 173 cm³/mol. The number of nitrogens with one attached hydrogen (secondary N) is 2. The number of hydrogen-bond donors (Lipinski definition) is 4. The van der Waals surface area contributed by atoms with Gasteiger partial charge in [-0.25, -0.2) is 0 Å². The topological polar surface area (TPSA) is 148 Å². The minimum atomic E-state index is -0.985. The molecule has 0 saturated heterocycles. The fourth-order valence-electron chi connectivity index (χ4n) is 5.08. The van der Waals surface area contributed by atoms with E-state index in [9.17, 15) is 14.4 Å². The van der Waals surface area contributed by atoms with E-state index in [0.29, 0.717) is 26.0 Å². The van der Waals surface area contributed by atoms with E-state index in [0.717, 1.165) is 19.3 Å². The van der Waals surface area contributed by atoms with Crippen LogP contribution in [0.4, 0.5) is 0 Å². The summed E-state index contributed by atoms with van der Waals surface area (Å²) < 4.78 is 6.09. The van der Waals surface area contributed by atoms with Crippen molar-refractivity contribution in [3.05, 3.63) is 0 Å². The first kappa shape index (κ1) is 46.8. The van der Waals surface area contributed by atoms with Crippen LogP contribution in [0.3, 0.4) is 0 Å². The molecule has 3 amide bonds. The molecular formula is C33H66FmN3O6-. The van der Waals surface area contributed by atoms with Crippen molar-refractivity contribution < 1.29 is 29.0 Å². The van der Waals surface area contributed by atoms with Crippen LogP contribution in [0.2, 0.25) is 0 Å². The SMILES string of the molecule is CC.CC(C)(C)CC(C)(C)C(C)(C)CC(C)(C)C(=O)NCCC(C)(C)OCCC(C)(C)NC(=O)CCC(=O)O.N[C-]=O.[Fm]. The minimum absolute atomic E-state index is 0. The Kier molecular flexibility index (Phi) is 20.9. The van der Waals surface area contributed by atoms with Crippen LogP contribution in [0.1, 0.15) is 142 Å². The van der Waals surface area contributed by atoms with Gasteiger partial charge >= 0.3 is 5.97 Å². The van der Waals surface area contributed by atoms with E-state index >= 15 is 0 Å². The van der Waals surface area contributed by atoms with Crippen LogP contribution in [0.15, 0.2) is 0 Å². The van der Waals surface area contributed by atoms with Gasteiger partial charge in [-0.05, 0) is 69.6 Å². The summed E-state index contributed by atoms with van der Waals surface area (Å²) in [5, 5.41) is 14.7. The van der Waals surface area contributed by atoms with Crippen LogP contribution < -0.4 is 16.4 Å². The Bertz CT molecular complexity index is 831. The van der Waals surface area contributed by atoms with Gasteiger partial charge in [0.2, 0.25) is 11.8 Å². The Morgan fingerprint density at radius 1 is 0.791 bits per heavy atom. The third-order valence-corrected chi connectivity index (χ3v) is 7.58. The van der Waals surface area contributed by atoms with Gasteiger partial charge in [-0.3, -0.25) is 14.4 Å². The Balaban J connectivity index is -0.00000118. The van der Waals surface area contributed by atoms with Gasteiger partial charge in [0.1, 0.15) is 0 Å². The molecule has 0 aliphatic heterocycles. The molecule has 0 aliphatic rings. The van der Waals surface area contributed by atoms with E-state index in [1.54, 1.807) is 0 Å². The molecular weight excluding hydrogens is 791 g/mol. The maximum Gasteiger partial charge on any atom is 0.303 e. The first-order chi connectivity index (χ1) is 18.7. The maximum absolute atomic E-state index is 13.2. The Morgan fingerprint density at radius 2 is 1.23 bits per heavy atom. The third-order valence-electron chi connectivity index (χ3n) is 7.58. The maximum atomic E-state index is 13.2. The summed E-state index contributed by atoms with van der Waals surface area (Å²) in [5.41, 5.74) is 2.90. The van der Waals surface area contributed by atoms with Crippen molar-refractivity contribution >= 4 is 24.2 Å². The quantitative estimate of drug-likeness (QED) is 0.105. The van der Waals surface area contributed by atoms with Crippen LogP contribution in [0.25, 0.3) is 0 Å². The molecule has 0 radical (unpaired) electrons. The molecule has 0 aromatic heterocycles. The van der Waals surface area contributed by atoms with Crippen LogP contribution in [0.5, 0.6) is 0 Å². The summed E-state index contributed by atoms with van der Waals surface area (Å²) >= 11 is 0. The number of carbonyl (C=O) groups is 3. The first-order valence-corrected chi connectivity index (χ1v) is 15.3. The summed E-state index contributed by atoms with van der Waals surface area (Å²) in [6.07, 6.45) is 3.92. The Hall–Kier alpha value is -3.16. The first-order valence-electron chi connectivity index (χ1n) is 15.3. The largest absolute Gasteiger partial charge is 0.543 e. The zero-order valence-corrected chi connectivity index (χ0v) is 32.4. The van der Waals surface area contributed by atoms with Gasteiger partial charge in [-0.15, -0.1) is 0 Å². The van der Waals surface area contributed by atoms with Crippen molar-refractivity contribution in [2.45, 2.75) is 154 Å². The average molecular weight is 858 g/mol. The number of carboxylic acid groups (broad SMARTS) is 1. The molecule has 5 N–H and O–H groups in total. The molecule has 10 heteroatoms. The van der Waals surface area contributed by atoms with Crippen LogP contribution >= 0.6 is 0 Å². The molecule has 0 aliphatic carbocycles. The van der Waals surface area contributed by atoms with Crippen molar-refractivity contribution in [2.75, 3.05) is 13.2 Å². The molecule has 0 bridgehead atoms. The second kappa shape index (κ2) is 19.2. The second-order valence-electron chi connectivity index (χ2n) is 15.4. The van der Waals surface area contributed by atoms with Gasteiger partial charge in [0.15, 0.2) is 0 Å². The Morgan fingerprint density at radius 3 is 1.65 bits per heavy atom. The van der Waals surface area contributed by atoms with Gasteiger partial charge in [0, 0.05) is 30.5 Å². The van der Waals surface area contributed by atoms with E-state index in [2.05, 4.69) is 64.8 Å². The van der Waals surface area contributed by atoms with Gasteiger partial charge in [-0.2, -0.15) is 6.41 Å². The molecule has 0 rings (SSSR count). The number of carboxylic acids is 1. The number of nitrogens with two attached hydrogens (primary N) is 1. The van der Waals surface area contributed by atoms with E-state index in [-0.39, 0.29) is 40.9 Å². The van der Waals surface area contributed by atoms with Crippen molar-refractivity contribution in [2.24, 2.45) is 27.4 Å². The van der Waals surface area contributed by atoms with Gasteiger partial charge < -0.3 is 31.0 Å². The minimum Gasteiger partial charge on any atom is -0.543 e. The molecule has 0 saturated carbocycles. The summed E-state index contributed by atoms with van der Waals surface area (Å²) in [5.74, 6) is -1.20. The zero-order chi connectivity index (χ0) is 34.2. The van der Waals surface area contributed by atoms with E-state index in [1.165, 1.54) is 0 Å². The zero-order valence-electron chi connectivity index (χ0n) is 30.0. The van der Waals surface area contributed by atoms with E-state index in [4.69, 9.17) is 14.6 Å². The molecule has 0 heterocycles. The van der Waals surface area contributed by atoms with Crippen LogP contribution in [0, 0.1) is 21.7 Å². The normalized spacial score (nSPS) is 12.3. The van der Waals surface area contributed by atoms with Gasteiger partial charge in [-0.1, -0.05) is 76.2 Å². The summed E-state index contributed by atoms with van der Waals surface area (Å²) in [6.45, 7) is 32.8. The van der Waals surface area contributed by atoms with Crippen LogP contribution in [-0.2, 0) is 23.9 Å². The van der Waals surface area contributed by atoms with E-state index in [1.807, 2.05) is 55.4 Å². The monoisotopic (exact) mass is 858 g/mol. The number of rotatable bonds is 16. The number of carbonyl (C=O) groups excluding carboxylic acids is 3. The van der Waals surface area contributed by atoms with Crippen molar-refractivity contribution in [3.8, 4) is 0 Å². The second-order valence-corrected chi connectivity index (χ2v) is 15.4. The van der Waals surface area contributed by atoms with Crippen molar-refractivity contribution in [1.29, 1.82) is 0 Å².